The van der Waals surface area contributed by atoms with Crippen LogP contribution in [-0.2, 0) is 11.3 Å². The number of methoxy groups -OCH3 is 1. The normalized spacial score (nSPS) is 20.7. The second-order valence-corrected chi connectivity index (χ2v) is 5.26. The van der Waals surface area contributed by atoms with Gasteiger partial charge < -0.3 is 15.2 Å². The average Bonchev–Trinajstić information content (AvgIpc) is 2.49. The summed E-state index contributed by atoms with van der Waals surface area (Å²) in [5, 5.41) is 0. The van der Waals surface area contributed by atoms with Crippen LogP contribution in [0.5, 0.6) is 5.75 Å². The molecule has 0 fully saturated rings. The Morgan fingerprint density at radius 1 is 1.24 bits per heavy atom. The molecular formula is C17H18FNO2. The molecule has 3 nitrogen and oxygen atoms in total. The molecule has 0 aromatic heterocycles. The summed E-state index contributed by atoms with van der Waals surface area (Å²) >= 11 is 0. The smallest absolute Gasteiger partial charge is 0.126 e. The van der Waals surface area contributed by atoms with Crippen LogP contribution < -0.4 is 10.5 Å². The predicted molar refractivity (Wildman–Crippen MR) is 78.5 cm³/mol. The SMILES string of the molecule is COCc1ccccc1C1C[C@@H](N)c2cc(F)ccc2O1. The van der Waals surface area contributed by atoms with E-state index in [1.807, 2.05) is 24.3 Å². The van der Waals surface area contributed by atoms with E-state index in [9.17, 15) is 4.39 Å². The zero-order valence-corrected chi connectivity index (χ0v) is 11.9. The van der Waals surface area contributed by atoms with Crippen LogP contribution in [0.15, 0.2) is 42.5 Å². The Labute approximate surface area is 123 Å². The first kappa shape index (κ1) is 14.0. The van der Waals surface area contributed by atoms with Crippen molar-refractivity contribution in [3.63, 3.8) is 0 Å². The molecule has 2 N–H and O–H groups in total. The molecule has 110 valence electrons. The van der Waals surface area contributed by atoms with Crippen LogP contribution in [0.2, 0.25) is 0 Å². The lowest BCUT2D eigenvalue weighted by Gasteiger charge is -2.31. The van der Waals surface area contributed by atoms with Crippen LogP contribution in [0.3, 0.4) is 0 Å². The Kier molecular flexibility index (Phi) is 3.90. The Morgan fingerprint density at radius 2 is 2.05 bits per heavy atom. The summed E-state index contributed by atoms with van der Waals surface area (Å²) in [6.07, 6.45) is 0.487. The van der Waals surface area contributed by atoms with E-state index in [1.54, 1.807) is 13.2 Å². The number of hydrogen-bond acceptors (Lipinski definition) is 3. The molecule has 0 amide bonds. The van der Waals surface area contributed by atoms with Gasteiger partial charge in [-0.2, -0.15) is 0 Å². The van der Waals surface area contributed by atoms with E-state index in [4.69, 9.17) is 15.2 Å². The summed E-state index contributed by atoms with van der Waals surface area (Å²) < 4.78 is 24.6. The van der Waals surface area contributed by atoms with Crippen LogP contribution in [0, 0.1) is 5.82 Å². The first-order valence-electron chi connectivity index (χ1n) is 6.97. The maximum absolute atomic E-state index is 13.3. The lowest BCUT2D eigenvalue weighted by Crippen LogP contribution is -2.25. The fourth-order valence-corrected chi connectivity index (χ4v) is 2.80. The Hall–Kier alpha value is -1.91. The van der Waals surface area contributed by atoms with Gasteiger partial charge in [0.1, 0.15) is 17.7 Å². The van der Waals surface area contributed by atoms with Crippen molar-refractivity contribution in [2.75, 3.05) is 7.11 Å². The standard InChI is InChI=1S/C17H18FNO2/c1-20-10-11-4-2-3-5-13(11)17-9-15(19)14-8-12(18)6-7-16(14)21-17/h2-8,15,17H,9-10,19H2,1H3/t15-,17?/m1/s1. The Morgan fingerprint density at radius 3 is 2.86 bits per heavy atom. The molecule has 0 bridgehead atoms. The average molecular weight is 287 g/mol. The third kappa shape index (κ3) is 2.77. The molecule has 1 heterocycles. The molecule has 0 saturated heterocycles. The molecule has 0 spiro atoms. The summed E-state index contributed by atoms with van der Waals surface area (Å²) in [5.41, 5.74) is 9.08. The highest BCUT2D eigenvalue weighted by atomic mass is 19.1. The number of rotatable bonds is 3. The molecule has 2 atom stereocenters. The highest BCUT2D eigenvalue weighted by molar-refractivity contribution is 5.40. The number of ether oxygens (including phenoxy) is 2. The van der Waals surface area contributed by atoms with E-state index >= 15 is 0 Å². The fraction of sp³-hybridized carbons (Fsp3) is 0.294. The maximum atomic E-state index is 13.3. The number of benzene rings is 2. The van der Waals surface area contributed by atoms with Gasteiger partial charge >= 0.3 is 0 Å². The summed E-state index contributed by atoms with van der Waals surface area (Å²) in [5.74, 6) is 0.374. The molecule has 0 saturated carbocycles. The van der Waals surface area contributed by atoms with Gasteiger partial charge in [-0.25, -0.2) is 4.39 Å². The molecule has 2 aromatic rings. The molecule has 4 heteroatoms. The summed E-state index contributed by atoms with van der Waals surface area (Å²) in [7, 11) is 1.67. The van der Waals surface area contributed by atoms with E-state index in [0.29, 0.717) is 18.8 Å². The van der Waals surface area contributed by atoms with Gasteiger partial charge in [0.25, 0.3) is 0 Å². The second-order valence-electron chi connectivity index (χ2n) is 5.26. The zero-order chi connectivity index (χ0) is 14.8. The van der Waals surface area contributed by atoms with Crippen molar-refractivity contribution >= 4 is 0 Å². The predicted octanol–water partition coefficient (Wildman–Crippen LogP) is 3.50. The van der Waals surface area contributed by atoms with Gasteiger partial charge in [0.15, 0.2) is 0 Å². The maximum Gasteiger partial charge on any atom is 0.126 e. The lowest BCUT2D eigenvalue weighted by molar-refractivity contribution is 0.151. The lowest BCUT2D eigenvalue weighted by atomic mass is 9.91. The molecule has 3 rings (SSSR count). The van der Waals surface area contributed by atoms with Crippen LogP contribution in [0.25, 0.3) is 0 Å². The van der Waals surface area contributed by atoms with Crippen molar-refractivity contribution in [2.24, 2.45) is 5.73 Å². The van der Waals surface area contributed by atoms with Gasteiger partial charge in [0.2, 0.25) is 0 Å². The fourth-order valence-electron chi connectivity index (χ4n) is 2.80. The molecule has 0 aliphatic carbocycles. The van der Waals surface area contributed by atoms with Crippen LogP contribution in [-0.4, -0.2) is 7.11 Å². The highest BCUT2D eigenvalue weighted by Gasteiger charge is 2.28. The van der Waals surface area contributed by atoms with Crippen LogP contribution in [0.1, 0.15) is 35.3 Å². The monoisotopic (exact) mass is 287 g/mol. The Balaban J connectivity index is 1.94. The number of hydrogen-bond donors (Lipinski definition) is 1. The van der Waals surface area contributed by atoms with Crippen LogP contribution in [0.4, 0.5) is 4.39 Å². The second kappa shape index (κ2) is 5.84. The van der Waals surface area contributed by atoms with Gasteiger partial charge in [-0.15, -0.1) is 0 Å². The minimum absolute atomic E-state index is 0.135. The number of fused-ring (bicyclic) bond motifs is 1. The van der Waals surface area contributed by atoms with Gasteiger partial charge in [-0.3, -0.25) is 0 Å². The van der Waals surface area contributed by atoms with Gasteiger partial charge in [-0.1, -0.05) is 24.3 Å². The molecule has 1 unspecified atom stereocenters. The first-order chi connectivity index (χ1) is 10.2. The van der Waals surface area contributed by atoms with E-state index < -0.39 is 0 Å². The number of nitrogens with two attached hydrogens (primary N) is 1. The van der Waals surface area contributed by atoms with Crippen molar-refractivity contribution < 1.29 is 13.9 Å². The molecule has 1 aliphatic rings. The first-order valence-corrected chi connectivity index (χ1v) is 6.97. The van der Waals surface area contributed by atoms with Crippen molar-refractivity contribution in [1.82, 2.24) is 0 Å². The highest BCUT2D eigenvalue weighted by Crippen LogP contribution is 2.40. The summed E-state index contributed by atoms with van der Waals surface area (Å²) in [4.78, 5) is 0. The molecule has 1 aliphatic heterocycles. The molecule has 0 radical (unpaired) electrons. The summed E-state index contributed by atoms with van der Waals surface area (Å²) in [6.45, 7) is 0.529. The van der Waals surface area contributed by atoms with E-state index in [0.717, 1.165) is 16.7 Å². The molecular weight excluding hydrogens is 269 g/mol. The van der Waals surface area contributed by atoms with Gasteiger partial charge in [-0.05, 0) is 29.3 Å². The zero-order valence-electron chi connectivity index (χ0n) is 11.9. The minimum atomic E-state index is -0.286. The van der Waals surface area contributed by atoms with Gasteiger partial charge in [0.05, 0.1) is 6.61 Å². The quantitative estimate of drug-likeness (QED) is 0.939. The third-order valence-electron chi connectivity index (χ3n) is 3.81. The van der Waals surface area contributed by atoms with Crippen molar-refractivity contribution in [2.45, 2.75) is 25.2 Å². The largest absolute Gasteiger partial charge is 0.485 e. The minimum Gasteiger partial charge on any atom is -0.485 e. The van der Waals surface area contributed by atoms with Crippen molar-refractivity contribution in [1.29, 1.82) is 0 Å². The van der Waals surface area contributed by atoms with Crippen molar-refractivity contribution in [3.8, 4) is 5.75 Å². The van der Waals surface area contributed by atoms with Gasteiger partial charge in [0, 0.05) is 25.1 Å². The van der Waals surface area contributed by atoms with E-state index in [-0.39, 0.29) is 18.0 Å². The Bertz CT molecular complexity index is 644. The third-order valence-corrected chi connectivity index (χ3v) is 3.81. The molecule has 21 heavy (non-hydrogen) atoms. The summed E-state index contributed by atoms with van der Waals surface area (Å²) in [6, 6.07) is 12.3. The number of halogens is 1. The van der Waals surface area contributed by atoms with Crippen LogP contribution >= 0.6 is 0 Å². The van der Waals surface area contributed by atoms with E-state index in [2.05, 4.69) is 0 Å². The topological polar surface area (TPSA) is 44.5 Å². The molecule has 2 aromatic carbocycles. The van der Waals surface area contributed by atoms with Crippen molar-refractivity contribution in [3.05, 3.63) is 65.0 Å². The van der Waals surface area contributed by atoms with E-state index in [1.165, 1.54) is 12.1 Å².